The molecule has 1 rings (SSSR count). The van der Waals surface area contributed by atoms with Crippen molar-refractivity contribution < 1.29 is 5.11 Å². The van der Waals surface area contributed by atoms with Crippen LogP contribution in [0.5, 0.6) is 0 Å². The summed E-state index contributed by atoms with van der Waals surface area (Å²) >= 11 is 0. The lowest BCUT2D eigenvalue weighted by molar-refractivity contribution is 0.187. The molecule has 0 radical (unpaired) electrons. The molecule has 4 heteroatoms. The minimum atomic E-state index is 0.206. The van der Waals surface area contributed by atoms with E-state index in [0.717, 1.165) is 44.0 Å². The fourth-order valence-corrected chi connectivity index (χ4v) is 1.94. The van der Waals surface area contributed by atoms with Gasteiger partial charge < -0.3 is 10.4 Å². The molecule has 1 aromatic heterocycles. The molecule has 108 valence electrons. The third-order valence-corrected chi connectivity index (χ3v) is 2.99. The number of nitrogens with zero attached hydrogens (tertiary/aromatic N) is 2. The van der Waals surface area contributed by atoms with Gasteiger partial charge in [-0.05, 0) is 31.5 Å². The molecule has 0 aromatic carbocycles. The molecule has 0 aliphatic rings. The molecule has 2 N–H and O–H groups in total. The molecule has 1 aromatic rings. The van der Waals surface area contributed by atoms with Crippen LogP contribution in [0.4, 0.5) is 5.82 Å². The first kappa shape index (κ1) is 15.9. The molecular weight excluding hydrogens is 238 g/mol. The van der Waals surface area contributed by atoms with E-state index >= 15 is 0 Å². The van der Waals surface area contributed by atoms with Crippen LogP contribution < -0.4 is 5.32 Å². The van der Waals surface area contributed by atoms with Crippen LogP contribution in [-0.4, -0.2) is 41.2 Å². The molecule has 0 amide bonds. The molecule has 1 heterocycles. The van der Waals surface area contributed by atoms with Crippen molar-refractivity contribution in [3.05, 3.63) is 23.9 Å². The largest absolute Gasteiger partial charge is 0.395 e. The Balaban J connectivity index is 2.56. The SMILES string of the molecule is CCCCN(CCO)Cc1cccc(NCCC)n1. The molecule has 0 fully saturated rings. The molecule has 0 saturated heterocycles. The van der Waals surface area contributed by atoms with E-state index in [1.807, 2.05) is 18.2 Å². The summed E-state index contributed by atoms with van der Waals surface area (Å²) in [6.45, 7) is 8.03. The summed E-state index contributed by atoms with van der Waals surface area (Å²) < 4.78 is 0. The van der Waals surface area contributed by atoms with Crippen LogP contribution in [0.3, 0.4) is 0 Å². The van der Waals surface area contributed by atoms with Crippen molar-refractivity contribution >= 4 is 5.82 Å². The summed E-state index contributed by atoms with van der Waals surface area (Å²) in [5, 5.41) is 12.4. The van der Waals surface area contributed by atoms with E-state index in [9.17, 15) is 0 Å². The van der Waals surface area contributed by atoms with Crippen LogP contribution in [0.25, 0.3) is 0 Å². The maximum Gasteiger partial charge on any atom is 0.126 e. The van der Waals surface area contributed by atoms with Gasteiger partial charge in [0.2, 0.25) is 0 Å². The van der Waals surface area contributed by atoms with Gasteiger partial charge in [-0.2, -0.15) is 0 Å². The summed E-state index contributed by atoms with van der Waals surface area (Å²) in [6, 6.07) is 6.09. The summed E-state index contributed by atoms with van der Waals surface area (Å²) in [7, 11) is 0. The van der Waals surface area contributed by atoms with E-state index in [2.05, 4.69) is 29.0 Å². The minimum absolute atomic E-state index is 0.206. The van der Waals surface area contributed by atoms with Gasteiger partial charge in [-0.1, -0.05) is 26.3 Å². The topological polar surface area (TPSA) is 48.4 Å². The first-order valence-electron chi connectivity index (χ1n) is 7.33. The Morgan fingerprint density at radius 1 is 1.21 bits per heavy atom. The smallest absolute Gasteiger partial charge is 0.126 e. The number of unbranched alkanes of at least 4 members (excludes halogenated alkanes) is 1. The highest BCUT2D eigenvalue weighted by Gasteiger charge is 2.06. The van der Waals surface area contributed by atoms with E-state index in [1.165, 1.54) is 6.42 Å². The molecule has 0 atom stereocenters. The molecule has 0 aliphatic carbocycles. The highest BCUT2D eigenvalue weighted by atomic mass is 16.3. The van der Waals surface area contributed by atoms with Gasteiger partial charge in [0.15, 0.2) is 0 Å². The standard InChI is InChI=1S/C15H27N3O/c1-3-5-10-18(11-12-19)13-14-7-6-8-15(17-14)16-9-4-2/h6-8,19H,3-5,9-13H2,1-2H3,(H,16,17). The number of anilines is 1. The Morgan fingerprint density at radius 2 is 2.05 bits per heavy atom. The van der Waals surface area contributed by atoms with Crippen molar-refractivity contribution in [2.45, 2.75) is 39.7 Å². The van der Waals surface area contributed by atoms with Crippen molar-refractivity contribution in [3.63, 3.8) is 0 Å². The molecule has 4 nitrogen and oxygen atoms in total. The zero-order valence-corrected chi connectivity index (χ0v) is 12.2. The lowest BCUT2D eigenvalue weighted by atomic mass is 10.2. The number of aliphatic hydroxyl groups is 1. The van der Waals surface area contributed by atoms with E-state index in [1.54, 1.807) is 0 Å². The maximum atomic E-state index is 9.11. The predicted octanol–water partition coefficient (Wildman–Crippen LogP) is 2.50. The van der Waals surface area contributed by atoms with Crippen LogP contribution in [0.2, 0.25) is 0 Å². The number of pyridine rings is 1. The highest BCUT2D eigenvalue weighted by Crippen LogP contribution is 2.08. The van der Waals surface area contributed by atoms with E-state index in [4.69, 9.17) is 5.11 Å². The van der Waals surface area contributed by atoms with Gasteiger partial charge in [-0.3, -0.25) is 4.90 Å². The third-order valence-electron chi connectivity index (χ3n) is 2.99. The number of nitrogens with one attached hydrogen (secondary N) is 1. The zero-order valence-electron chi connectivity index (χ0n) is 12.2. The molecule has 0 spiro atoms. The van der Waals surface area contributed by atoms with Crippen molar-refractivity contribution in [3.8, 4) is 0 Å². The van der Waals surface area contributed by atoms with Crippen LogP contribution in [0.15, 0.2) is 18.2 Å². The summed E-state index contributed by atoms with van der Waals surface area (Å²) in [5.74, 6) is 0.943. The quantitative estimate of drug-likeness (QED) is 0.682. The van der Waals surface area contributed by atoms with E-state index < -0.39 is 0 Å². The molecular formula is C15H27N3O. The van der Waals surface area contributed by atoms with Crippen molar-refractivity contribution in [1.82, 2.24) is 9.88 Å². The number of hydrogen-bond donors (Lipinski definition) is 2. The number of rotatable bonds is 10. The Morgan fingerprint density at radius 3 is 2.74 bits per heavy atom. The second kappa shape index (κ2) is 9.75. The summed E-state index contributed by atoms with van der Waals surface area (Å²) in [6.07, 6.45) is 3.43. The fraction of sp³-hybridized carbons (Fsp3) is 0.667. The van der Waals surface area contributed by atoms with Crippen LogP contribution in [-0.2, 0) is 6.54 Å². The summed E-state index contributed by atoms with van der Waals surface area (Å²) in [5.41, 5.74) is 1.06. The Labute approximate surface area is 116 Å². The third kappa shape index (κ3) is 6.55. The number of aliphatic hydroxyl groups excluding tert-OH is 1. The van der Waals surface area contributed by atoms with Crippen molar-refractivity contribution in [2.75, 3.05) is 31.6 Å². The molecule has 0 saturated carbocycles. The van der Waals surface area contributed by atoms with Crippen LogP contribution >= 0.6 is 0 Å². The lowest BCUT2D eigenvalue weighted by Gasteiger charge is -2.20. The van der Waals surface area contributed by atoms with E-state index in [-0.39, 0.29) is 6.61 Å². The Hall–Kier alpha value is -1.13. The van der Waals surface area contributed by atoms with Gasteiger partial charge in [0.25, 0.3) is 0 Å². The molecule has 0 aliphatic heterocycles. The number of hydrogen-bond acceptors (Lipinski definition) is 4. The maximum absolute atomic E-state index is 9.11. The van der Waals surface area contributed by atoms with Crippen molar-refractivity contribution in [1.29, 1.82) is 0 Å². The second-order valence-electron chi connectivity index (χ2n) is 4.79. The van der Waals surface area contributed by atoms with Crippen LogP contribution in [0.1, 0.15) is 38.8 Å². The average Bonchev–Trinajstić information content (AvgIpc) is 2.43. The first-order valence-corrected chi connectivity index (χ1v) is 7.33. The number of aromatic nitrogens is 1. The van der Waals surface area contributed by atoms with E-state index in [0.29, 0.717) is 6.54 Å². The molecule has 0 bridgehead atoms. The van der Waals surface area contributed by atoms with Gasteiger partial charge in [0.05, 0.1) is 12.3 Å². The van der Waals surface area contributed by atoms with Crippen molar-refractivity contribution in [2.24, 2.45) is 0 Å². The monoisotopic (exact) mass is 265 g/mol. The second-order valence-corrected chi connectivity index (χ2v) is 4.79. The fourth-order valence-electron chi connectivity index (χ4n) is 1.94. The molecule has 19 heavy (non-hydrogen) atoms. The predicted molar refractivity (Wildman–Crippen MR) is 80.3 cm³/mol. The average molecular weight is 265 g/mol. The van der Waals surface area contributed by atoms with Gasteiger partial charge in [0.1, 0.15) is 5.82 Å². The van der Waals surface area contributed by atoms with Gasteiger partial charge >= 0.3 is 0 Å². The van der Waals surface area contributed by atoms with Gasteiger partial charge in [0, 0.05) is 19.6 Å². The minimum Gasteiger partial charge on any atom is -0.395 e. The van der Waals surface area contributed by atoms with Gasteiger partial charge in [-0.25, -0.2) is 4.98 Å². The van der Waals surface area contributed by atoms with Gasteiger partial charge in [-0.15, -0.1) is 0 Å². The Bertz CT molecular complexity index is 344. The normalized spacial score (nSPS) is 10.9. The van der Waals surface area contributed by atoms with Crippen LogP contribution in [0, 0.1) is 0 Å². The summed E-state index contributed by atoms with van der Waals surface area (Å²) in [4.78, 5) is 6.87. The first-order chi connectivity index (χ1) is 9.30. The Kier molecular flexibility index (Phi) is 8.18. The lowest BCUT2D eigenvalue weighted by Crippen LogP contribution is -2.28. The highest BCUT2D eigenvalue weighted by molar-refractivity contribution is 5.35. The molecule has 0 unspecified atom stereocenters. The zero-order chi connectivity index (χ0) is 13.9.